The van der Waals surface area contributed by atoms with Crippen molar-refractivity contribution in [2.24, 2.45) is 0 Å². The number of aromatic hydroxyl groups is 1. The molecule has 2 saturated heterocycles. The molecule has 3 aliphatic heterocycles. The van der Waals surface area contributed by atoms with Gasteiger partial charge in [-0.2, -0.15) is 0 Å². The Labute approximate surface area is 184 Å². The van der Waals surface area contributed by atoms with Crippen LogP contribution in [0.3, 0.4) is 0 Å². The number of benzene rings is 1. The number of phenols is 1. The molecule has 1 N–H and O–H groups in total. The van der Waals surface area contributed by atoms with Gasteiger partial charge in [-0.3, -0.25) is 4.90 Å². The second kappa shape index (κ2) is 8.84. The molecule has 31 heavy (non-hydrogen) atoms. The quantitative estimate of drug-likeness (QED) is 0.770. The summed E-state index contributed by atoms with van der Waals surface area (Å²) in [4.78, 5) is 17.4. The van der Waals surface area contributed by atoms with Crippen LogP contribution >= 0.6 is 0 Å². The Morgan fingerprint density at radius 1 is 1.19 bits per heavy atom. The lowest BCUT2D eigenvalue weighted by Crippen LogP contribution is -2.54. The fourth-order valence-electron chi connectivity index (χ4n) is 4.65. The van der Waals surface area contributed by atoms with Gasteiger partial charge in [-0.1, -0.05) is 0 Å². The van der Waals surface area contributed by atoms with Crippen molar-refractivity contribution in [3.8, 4) is 11.5 Å². The summed E-state index contributed by atoms with van der Waals surface area (Å²) < 4.78 is 23.5. The van der Waals surface area contributed by atoms with Crippen LogP contribution in [0.15, 0.2) is 12.1 Å². The molecule has 1 aromatic rings. The first-order valence-corrected chi connectivity index (χ1v) is 11.2. The molecular formula is C23H34N2O6. The first kappa shape index (κ1) is 22.2. The van der Waals surface area contributed by atoms with Gasteiger partial charge in [0.2, 0.25) is 0 Å². The standard InChI is InChI=1S/C23H34N2O6/c1-23(2,3)31-22(27)25-17-13-18(26)19(28-4)12-15(17)14-24-10-7-8-16(24)21(25)30-20-9-5-6-11-29-20/h12-13,16,20-21,26H,5-11,14H2,1-4H3/t16-,20?,21-/m0/s1. The number of methoxy groups -OCH3 is 1. The monoisotopic (exact) mass is 434 g/mol. The van der Waals surface area contributed by atoms with Crippen LogP contribution in [0.25, 0.3) is 0 Å². The number of phenolic OH excluding ortho intramolecular Hbond substituents is 1. The molecule has 172 valence electrons. The Hall–Kier alpha value is -2.03. The molecule has 1 unspecified atom stereocenters. The van der Waals surface area contributed by atoms with Gasteiger partial charge in [-0.25, -0.2) is 9.69 Å². The number of anilines is 1. The molecule has 0 aromatic heterocycles. The first-order valence-electron chi connectivity index (χ1n) is 11.2. The number of hydrogen-bond donors (Lipinski definition) is 1. The lowest BCUT2D eigenvalue weighted by Gasteiger charge is -2.39. The van der Waals surface area contributed by atoms with Crippen molar-refractivity contribution in [1.29, 1.82) is 0 Å². The lowest BCUT2D eigenvalue weighted by molar-refractivity contribution is -0.197. The highest BCUT2D eigenvalue weighted by Crippen LogP contribution is 2.42. The molecule has 3 aliphatic rings. The van der Waals surface area contributed by atoms with Crippen molar-refractivity contribution in [2.45, 2.75) is 83.6 Å². The van der Waals surface area contributed by atoms with Gasteiger partial charge in [0.1, 0.15) is 5.60 Å². The van der Waals surface area contributed by atoms with Gasteiger partial charge >= 0.3 is 6.09 Å². The molecule has 0 saturated carbocycles. The van der Waals surface area contributed by atoms with E-state index in [1.807, 2.05) is 20.8 Å². The zero-order valence-electron chi connectivity index (χ0n) is 18.9. The normalized spacial score (nSPS) is 26.7. The minimum Gasteiger partial charge on any atom is -0.504 e. The Balaban J connectivity index is 1.78. The number of fused-ring (bicyclic) bond motifs is 2. The molecule has 3 atom stereocenters. The minimum absolute atomic E-state index is 0.0126. The van der Waals surface area contributed by atoms with Crippen molar-refractivity contribution in [2.75, 3.05) is 25.2 Å². The first-order chi connectivity index (χ1) is 14.8. The Kier molecular flexibility index (Phi) is 6.32. The van der Waals surface area contributed by atoms with Gasteiger partial charge in [0, 0.05) is 19.2 Å². The van der Waals surface area contributed by atoms with E-state index < -0.39 is 17.9 Å². The SMILES string of the molecule is COc1cc2c(cc1O)N(C(=O)OC(C)(C)C)[C@@H](OC1CCCCO1)[C@@H]1CCCN1C2. The van der Waals surface area contributed by atoms with E-state index >= 15 is 0 Å². The topological polar surface area (TPSA) is 80.7 Å². The zero-order chi connectivity index (χ0) is 22.2. The number of nitrogens with zero attached hydrogens (tertiary/aromatic N) is 2. The van der Waals surface area contributed by atoms with Crippen molar-refractivity contribution in [1.82, 2.24) is 4.90 Å². The van der Waals surface area contributed by atoms with Crippen LogP contribution in [-0.2, 0) is 20.8 Å². The maximum Gasteiger partial charge on any atom is 0.417 e. The second-order valence-electron chi connectivity index (χ2n) is 9.51. The number of carbonyl (C=O) groups excluding carboxylic acids is 1. The summed E-state index contributed by atoms with van der Waals surface area (Å²) >= 11 is 0. The Bertz CT molecular complexity index is 802. The predicted molar refractivity (Wildman–Crippen MR) is 115 cm³/mol. The van der Waals surface area contributed by atoms with Crippen LogP contribution in [-0.4, -0.2) is 60.5 Å². The molecule has 3 heterocycles. The van der Waals surface area contributed by atoms with Crippen molar-refractivity contribution >= 4 is 11.8 Å². The number of carbonyl (C=O) groups is 1. The summed E-state index contributed by atoms with van der Waals surface area (Å²) in [6.07, 6.45) is 3.36. The van der Waals surface area contributed by atoms with E-state index in [4.69, 9.17) is 18.9 Å². The average molecular weight is 435 g/mol. The van der Waals surface area contributed by atoms with E-state index in [1.165, 1.54) is 7.11 Å². The largest absolute Gasteiger partial charge is 0.504 e. The fraction of sp³-hybridized carbons (Fsp3) is 0.696. The van der Waals surface area contributed by atoms with Crippen LogP contribution in [0, 0.1) is 0 Å². The Morgan fingerprint density at radius 3 is 2.68 bits per heavy atom. The molecule has 2 fully saturated rings. The van der Waals surface area contributed by atoms with E-state index in [0.717, 1.165) is 44.2 Å². The fourth-order valence-corrected chi connectivity index (χ4v) is 4.65. The molecule has 0 radical (unpaired) electrons. The van der Waals surface area contributed by atoms with Crippen molar-refractivity contribution < 1.29 is 28.8 Å². The van der Waals surface area contributed by atoms with E-state index in [2.05, 4.69) is 4.90 Å². The molecule has 0 aliphatic carbocycles. The molecule has 1 amide bonds. The van der Waals surface area contributed by atoms with Gasteiger partial charge in [0.05, 0.1) is 18.8 Å². The molecule has 8 nitrogen and oxygen atoms in total. The van der Waals surface area contributed by atoms with Crippen LogP contribution < -0.4 is 9.64 Å². The number of hydrogen-bond acceptors (Lipinski definition) is 7. The molecule has 4 rings (SSSR count). The van der Waals surface area contributed by atoms with Crippen LogP contribution in [0.2, 0.25) is 0 Å². The van der Waals surface area contributed by atoms with Gasteiger partial charge < -0.3 is 24.1 Å². The summed E-state index contributed by atoms with van der Waals surface area (Å²) in [7, 11) is 1.52. The zero-order valence-corrected chi connectivity index (χ0v) is 18.9. The summed E-state index contributed by atoms with van der Waals surface area (Å²) in [6, 6.07) is 3.40. The van der Waals surface area contributed by atoms with Gasteiger partial charge in [0.25, 0.3) is 0 Å². The van der Waals surface area contributed by atoms with Crippen LogP contribution in [0.4, 0.5) is 10.5 Å². The molecule has 8 heteroatoms. The van der Waals surface area contributed by atoms with Crippen molar-refractivity contribution in [3.05, 3.63) is 17.7 Å². The number of amides is 1. The maximum atomic E-state index is 13.5. The number of ether oxygens (including phenoxy) is 4. The lowest BCUT2D eigenvalue weighted by atomic mass is 10.1. The summed E-state index contributed by atoms with van der Waals surface area (Å²) in [6.45, 7) is 7.75. The third-order valence-corrected chi connectivity index (χ3v) is 6.03. The summed E-state index contributed by atoms with van der Waals surface area (Å²) in [5, 5.41) is 10.5. The minimum atomic E-state index is -0.667. The van der Waals surface area contributed by atoms with E-state index in [0.29, 0.717) is 24.6 Å². The molecule has 0 spiro atoms. The van der Waals surface area contributed by atoms with Crippen molar-refractivity contribution in [3.63, 3.8) is 0 Å². The van der Waals surface area contributed by atoms with E-state index in [-0.39, 0.29) is 18.1 Å². The third-order valence-electron chi connectivity index (χ3n) is 6.03. The highest BCUT2D eigenvalue weighted by Gasteiger charge is 2.45. The van der Waals surface area contributed by atoms with E-state index in [1.54, 1.807) is 17.0 Å². The summed E-state index contributed by atoms with van der Waals surface area (Å²) in [5.41, 5.74) is 0.810. The second-order valence-corrected chi connectivity index (χ2v) is 9.51. The third kappa shape index (κ3) is 4.76. The average Bonchev–Trinajstić information content (AvgIpc) is 3.12. The van der Waals surface area contributed by atoms with Crippen LogP contribution in [0.1, 0.15) is 58.4 Å². The van der Waals surface area contributed by atoms with Gasteiger partial charge in [-0.05, 0) is 71.0 Å². The molecular weight excluding hydrogens is 400 g/mol. The van der Waals surface area contributed by atoms with Gasteiger partial charge in [-0.15, -0.1) is 0 Å². The maximum absolute atomic E-state index is 13.5. The van der Waals surface area contributed by atoms with Crippen LogP contribution in [0.5, 0.6) is 11.5 Å². The Morgan fingerprint density at radius 2 is 2.00 bits per heavy atom. The predicted octanol–water partition coefficient (Wildman–Crippen LogP) is 3.99. The smallest absolute Gasteiger partial charge is 0.417 e. The molecule has 1 aromatic carbocycles. The van der Waals surface area contributed by atoms with E-state index in [9.17, 15) is 9.90 Å². The highest BCUT2D eigenvalue weighted by atomic mass is 16.7. The molecule has 0 bridgehead atoms. The van der Waals surface area contributed by atoms with Gasteiger partial charge in [0.15, 0.2) is 24.0 Å². The number of rotatable bonds is 3. The summed E-state index contributed by atoms with van der Waals surface area (Å²) in [5.74, 6) is 0.359. The highest BCUT2D eigenvalue weighted by molar-refractivity contribution is 5.90.